The van der Waals surface area contributed by atoms with Crippen LogP contribution in [-0.2, 0) is 0 Å². The van der Waals surface area contributed by atoms with Gasteiger partial charge in [-0.25, -0.2) is 0 Å². The Labute approximate surface area is 127 Å². The van der Waals surface area contributed by atoms with Crippen molar-refractivity contribution in [3.05, 3.63) is 23.8 Å². The zero-order valence-corrected chi connectivity index (χ0v) is 13.6. The van der Waals surface area contributed by atoms with E-state index in [9.17, 15) is 4.79 Å². The Morgan fingerprint density at radius 2 is 1.95 bits per heavy atom. The number of hydrogen-bond acceptors (Lipinski definition) is 3. The molecule has 116 valence electrons. The smallest absolute Gasteiger partial charge is 0.253 e. The molecule has 0 aromatic heterocycles. The first-order valence-corrected chi connectivity index (χ1v) is 7.72. The molecule has 1 saturated heterocycles. The van der Waals surface area contributed by atoms with E-state index in [2.05, 4.69) is 18.7 Å². The largest absolute Gasteiger partial charge is 0.397 e. The Balaban J connectivity index is 2.14. The van der Waals surface area contributed by atoms with Gasteiger partial charge in [0.05, 0.1) is 11.4 Å². The Bertz CT molecular complexity index is 517. The van der Waals surface area contributed by atoms with Crippen LogP contribution in [0.4, 0.5) is 11.4 Å². The highest BCUT2D eigenvalue weighted by molar-refractivity contribution is 5.95. The molecule has 1 fully saturated rings. The van der Waals surface area contributed by atoms with E-state index in [1.54, 1.807) is 25.1 Å². The molecule has 1 aromatic rings. The lowest BCUT2D eigenvalue weighted by atomic mass is 9.78. The van der Waals surface area contributed by atoms with Gasteiger partial charge >= 0.3 is 0 Å². The number of benzene rings is 1. The Kier molecular flexibility index (Phi) is 4.45. The molecule has 0 aliphatic carbocycles. The molecule has 0 unspecified atom stereocenters. The third kappa shape index (κ3) is 3.31. The lowest BCUT2D eigenvalue weighted by molar-refractivity contribution is 0.0827. The second-order valence-corrected chi connectivity index (χ2v) is 6.62. The van der Waals surface area contributed by atoms with Crippen LogP contribution in [0, 0.1) is 5.41 Å². The van der Waals surface area contributed by atoms with Crippen LogP contribution in [0.25, 0.3) is 0 Å². The van der Waals surface area contributed by atoms with Gasteiger partial charge in [-0.1, -0.05) is 20.3 Å². The maximum atomic E-state index is 12.0. The summed E-state index contributed by atoms with van der Waals surface area (Å²) in [6.45, 7) is 6.71. The van der Waals surface area contributed by atoms with Crippen LogP contribution in [-0.4, -0.2) is 38.0 Å². The first kappa shape index (κ1) is 15.7. The minimum absolute atomic E-state index is 0.00884. The summed E-state index contributed by atoms with van der Waals surface area (Å²) < 4.78 is 0. The first-order valence-electron chi connectivity index (χ1n) is 7.72. The molecule has 1 aliphatic rings. The van der Waals surface area contributed by atoms with Crippen LogP contribution in [0.1, 0.15) is 43.5 Å². The van der Waals surface area contributed by atoms with Gasteiger partial charge in [0, 0.05) is 32.7 Å². The molecule has 1 heterocycles. The maximum absolute atomic E-state index is 12.0. The Hall–Kier alpha value is -1.71. The van der Waals surface area contributed by atoms with Gasteiger partial charge in [-0.15, -0.1) is 0 Å². The van der Waals surface area contributed by atoms with E-state index in [1.165, 1.54) is 19.3 Å². The van der Waals surface area contributed by atoms with Gasteiger partial charge in [0.1, 0.15) is 0 Å². The molecule has 4 heteroatoms. The van der Waals surface area contributed by atoms with E-state index in [4.69, 9.17) is 5.73 Å². The minimum Gasteiger partial charge on any atom is -0.397 e. The fourth-order valence-electron chi connectivity index (χ4n) is 2.87. The number of hydrogen-bond donors (Lipinski definition) is 1. The van der Waals surface area contributed by atoms with Crippen LogP contribution in [0.5, 0.6) is 0 Å². The molecule has 2 N–H and O–H groups in total. The molecule has 4 nitrogen and oxygen atoms in total. The molecular weight excluding hydrogens is 262 g/mol. The van der Waals surface area contributed by atoms with Crippen molar-refractivity contribution in [2.75, 3.05) is 37.8 Å². The zero-order chi connectivity index (χ0) is 15.6. The van der Waals surface area contributed by atoms with Gasteiger partial charge in [0.25, 0.3) is 5.91 Å². The van der Waals surface area contributed by atoms with Crippen LogP contribution >= 0.6 is 0 Å². The maximum Gasteiger partial charge on any atom is 0.253 e. The lowest BCUT2D eigenvalue weighted by Crippen LogP contribution is -2.38. The van der Waals surface area contributed by atoms with E-state index in [0.717, 1.165) is 18.8 Å². The SMILES string of the molecule is CCC1(C)CCN(c2ccc(C(=O)N(C)C)cc2N)CC1. The first-order chi connectivity index (χ1) is 9.86. The van der Waals surface area contributed by atoms with E-state index in [-0.39, 0.29) is 5.91 Å². The third-order valence-corrected chi connectivity index (χ3v) is 4.85. The van der Waals surface area contributed by atoms with E-state index < -0.39 is 0 Å². The van der Waals surface area contributed by atoms with Crippen LogP contribution in [0.15, 0.2) is 18.2 Å². The molecule has 0 atom stereocenters. The topological polar surface area (TPSA) is 49.6 Å². The molecule has 0 saturated carbocycles. The van der Waals surface area contributed by atoms with Crippen molar-refractivity contribution in [3.8, 4) is 0 Å². The van der Waals surface area contributed by atoms with Gasteiger partial charge in [-0.3, -0.25) is 4.79 Å². The van der Waals surface area contributed by atoms with Crippen molar-refractivity contribution in [1.82, 2.24) is 4.90 Å². The number of piperidine rings is 1. The molecule has 1 amide bonds. The Morgan fingerprint density at radius 3 is 2.43 bits per heavy atom. The summed E-state index contributed by atoms with van der Waals surface area (Å²) in [4.78, 5) is 15.9. The van der Waals surface area contributed by atoms with E-state index >= 15 is 0 Å². The lowest BCUT2D eigenvalue weighted by Gasteiger charge is -2.40. The van der Waals surface area contributed by atoms with Crippen molar-refractivity contribution >= 4 is 17.3 Å². The summed E-state index contributed by atoms with van der Waals surface area (Å²) in [5.41, 5.74) is 9.05. The Morgan fingerprint density at radius 1 is 1.33 bits per heavy atom. The molecule has 21 heavy (non-hydrogen) atoms. The number of rotatable bonds is 3. The second-order valence-electron chi connectivity index (χ2n) is 6.62. The summed E-state index contributed by atoms with van der Waals surface area (Å²) in [5.74, 6) is -0.00884. The normalized spacial score (nSPS) is 17.6. The van der Waals surface area contributed by atoms with Gasteiger partial charge in [0.2, 0.25) is 0 Å². The summed E-state index contributed by atoms with van der Waals surface area (Å²) in [6, 6.07) is 5.66. The highest BCUT2D eigenvalue weighted by atomic mass is 16.2. The minimum atomic E-state index is -0.00884. The molecule has 0 spiro atoms. The average Bonchev–Trinajstić information content (AvgIpc) is 2.47. The molecule has 0 radical (unpaired) electrons. The highest BCUT2D eigenvalue weighted by Gasteiger charge is 2.29. The summed E-state index contributed by atoms with van der Waals surface area (Å²) >= 11 is 0. The van der Waals surface area contributed by atoms with Crippen LogP contribution in [0.2, 0.25) is 0 Å². The van der Waals surface area contributed by atoms with Crippen molar-refractivity contribution in [3.63, 3.8) is 0 Å². The number of nitrogens with two attached hydrogens (primary N) is 1. The van der Waals surface area contributed by atoms with Crippen molar-refractivity contribution in [1.29, 1.82) is 0 Å². The predicted molar refractivity (Wildman–Crippen MR) is 88.7 cm³/mol. The number of carbonyl (C=O) groups is 1. The van der Waals surface area contributed by atoms with Gasteiger partial charge in [-0.05, 0) is 36.5 Å². The quantitative estimate of drug-likeness (QED) is 0.870. The fourth-order valence-corrected chi connectivity index (χ4v) is 2.87. The van der Waals surface area contributed by atoms with Crippen molar-refractivity contribution in [2.45, 2.75) is 33.1 Å². The predicted octanol–water partition coefficient (Wildman–Crippen LogP) is 2.99. The number of nitrogen functional groups attached to an aromatic ring is 1. The molecular formula is C17H27N3O. The standard InChI is InChI=1S/C17H27N3O/c1-5-17(2)8-10-20(11-9-17)15-7-6-13(12-14(15)18)16(21)19(3)4/h6-7,12H,5,8-11,18H2,1-4H3. The van der Waals surface area contributed by atoms with E-state index in [0.29, 0.717) is 16.7 Å². The highest BCUT2D eigenvalue weighted by Crippen LogP contribution is 2.37. The summed E-state index contributed by atoms with van der Waals surface area (Å²) in [7, 11) is 3.51. The molecule has 0 bridgehead atoms. The monoisotopic (exact) mass is 289 g/mol. The molecule has 1 aliphatic heterocycles. The number of anilines is 2. The summed E-state index contributed by atoms with van der Waals surface area (Å²) in [5, 5.41) is 0. The second kappa shape index (κ2) is 5.96. The number of amides is 1. The molecule has 2 rings (SSSR count). The average molecular weight is 289 g/mol. The van der Waals surface area contributed by atoms with Gasteiger partial charge < -0.3 is 15.5 Å². The number of nitrogens with zero attached hydrogens (tertiary/aromatic N) is 2. The fraction of sp³-hybridized carbons (Fsp3) is 0.588. The number of carbonyl (C=O) groups excluding carboxylic acids is 1. The van der Waals surface area contributed by atoms with E-state index in [1.807, 2.05) is 12.1 Å². The van der Waals surface area contributed by atoms with Gasteiger partial charge in [-0.2, -0.15) is 0 Å². The summed E-state index contributed by atoms with van der Waals surface area (Å²) in [6.07, 6.45) is 3.62. The third-order valence-electron chi connectivity index (χ3n) is 4.85. The molecule has 1 aromatic carbocycles. The van der Waals surface area contributed by atoms with Crippen molar-refractivity contribution in [2.24, 2.45) is 5.41 Å². The van der Waals surface area contributed by atoms with Crippen LogP contribution in [0.3, 0.4) is 0 Å². The van der Waals surface area contributed by atoms with Crippen LogP contribution < -0.4 is 10.6 Å². The zero-order valence-electron chi connectivity index (χ0n) is 13.6. The van der Waals surface area contributed by atoms with Gasteiger partial charge in [0.15, 0.2) is 0 Å². The van der Waals surface area contributed by atoms with Crippen molar-refractivity contribution < 1.29 is 4.79 Å².